The molecule has 0 saturated carbocycles. The van der Waals surface area contributed by atoms with Gasteiger partial charge in [0.05, 0.1) is 16.5 Å². The molecule has 1 N–H and O–H groups in total. The van der Waals surface area contributed by atoms with Gasteiger partial charge in [-0.05, 0) is 48.7 Å². The average Bonchev–Trinajstić information content (AvgIpc) is 2.68. The van der Waals surface area contributed by atoms with E-state index in [2.05, 4.69) is 4.99 Å². The van der Waals surface area contributed by atoms with Crippen molar-refractivity contribution in [1.82, 2.24) is 4.31 Å². The van der Waals surface area contributed by atoms with Gasteiger partial charge >= 0.3 is 0 Å². The molecule has 0 atom stereocenters. The summed E-state index contributed by atoms with van der Waals surface area (Å²) in [5.41, 5.74) is 1.47. The monoisotopic (exact) mass is 369 g/mol. The Morgan fingerprint density at radius 1 is 1.08 bits per heavy atom. The predicted octanol–water partition coefficient (Wildman–Crippen LogP) is 3.19. The second-order valence-corrected chi connectivity index (χ2v) is 8.05. The Morgan fingerprint density at radius 2 is 1.77 bits per heavy atom. The lowest BCUT2D eigenvalue weighted by Crippen LogP contribution is -2.35. The van der Waals surface area contributed by atoms with Crippen molar-refractivity contribution in [2.75, 3.05) is 13.1 Å². The van der Waals surface area contributed by atoms with E-state index < -0.39 is 10.0 Å². The molecular weight excluding hydrogens is 350 g/mol. The molecule has 1 aliphatic heterocycles. The van der Waals surface area contributed by atoms with Crippen LogP contribution in [0.25, 0.3) is 0 Å². The van der Waals surface area contributed by atoms with Crippen LogP contribution >= 0.6 is 0 Å². The second-order valence-electron chi connectivity index (χ2n) is 6.11. The van der Waals surface area contributed by atoms with Crippen LogP contribution < -0.4 is 0 Å². The second kappa shape index (κ2) is 7.68. The van der Waals surface area contributed by atoms with Crippen molar-refractivity contribution in [3.63, 3.8) is 0 Å². The number of nitriles is 1. The third kappa shape index (κ3) is 3.93. The smallest absolute Gasteiger partial charge is 0.243 e. The molecule has 1 saturated heterocycles. The molecule has 1 fully saturated rings. The first-order valence-electron chi connectivity index (χ1n) is 8.38. The van der Waals surface area contributed by atoms with Crippen LogP contribution in [0.4, 0.5) is 5.69 Å². The Hall–Kier alpha value is -2.69. The Kier molecular flexibility index (Phi) is 5.35. The molecule has 0 aromatic heterocycles. The van der Waals surface area contributed by atoms with Crippen LogP contribution in [0, 0.1) is 11.3 Å². The third-order valence-corrected chi connectivity index (χ3v) is 6.19. The summed E-state index contributed by atoms with van der Waals surface area (Å²) in [4.78, 5) is 4.34. The largest absolute Gasteiger partial charge is 0.506 e. The van der Waals surface area contributed by atoms with Gasteiger partial charge in [-0.15, -0.1) is 0 Å². The zero-order valence-corrected chi connectivity index (χ0v) is 15.0. The quantitative estimate of drug-likeness (QED) is 0.838. The van der Waals surface area contributed by atoms with Gasteiger partial charge in [0.25, 0.3) is 0 Å². The van der Waals surface area contributed by atoms with E-state index in [-0.39, 0.29) is 16.3 Å². The molecular formula is C19H19N3O3S. The van der Waals surface area contributed by atoms with Crippen LogP contribution in [0.2, 0.25) is 0 Å². The van der Waals surface area contributed by atoms with Crippen molar-refractivity contribution in [1.29, 1.82) is 5.26 Å². The average molecular weight is 369 g/mol. The van der Waals surface area contributed by atoms with Gasteiger partial charge in [-0.3, -0.25) is 4.99 Å². The van der Waals surface area contributed by atoms with Crippen molar-refractivity contribution in [3.05, 3.63) is 53.6 Å². The molecule has 2 aromatic carbocycles. The lowest BCUT2D eigenvalue weighted by Gasteiger charge is -2.25. The number of aromatic hydroxyl groups is 1. The molecule has 0 spiro atoms. The first-order valence-corrected chi connectivity index (χ1v) is 9.82. The van der Waals surface area contributed by atoms with Crippen LogP contribution in [-0.4, -0.2) is 37.1 Å². The first kappa shape index (κ1) is 18.1. The summed E-state index contributed by atoms with van der Waals surface area (Å²) >= 11 is 0. The Morgan fingerprint density at radius 3 is 2.42 bits per heavy atom. The summed E-state index contributed by atoms with van der Waals surface area (Å²) in [6, 6.07) is 13.0. The van der Waals surface area contributed by atoms with E-state index in [1.54, 1.807) is 24.3 Å². The predicted molar refractivity (Wildman–Crippen MR) is 99.1 cm³/mol. The minimum atomic E-state index is -3.58. The Labute approximate surface area is 153 Å². The number of hydrogen-bond donors (Lipinski definition) is 1. The number of benzene rings is 2. The summed E-state index contributed by atoms with van der Waals surface area (Å²) in [6.07, 6.45) is 4.29. The molecule has 0 radical (unpaired) electrons. The van der Waals surface area contributed by atoms with Gasteiger partial charge in [-0.1, -0.05) is 18.6 Å². The molecule has 2 aromatic rings. The highest BCUT2D eigenvalue weighted by atomic mass is 32.2. The van der Waals surface area contributed by atoms with E-state index in [0.29, 0.717) is 18.7 Å². The fraction of sp³-hybridized carbons (Fsp3) is 0.263. The highest BCUT2D eigenvalue weighted by molar-refractivity contribution is 7.89. The number of rotatable bonds is 4. The number of phenols is 1. The molecule has 26 heavy (non-hydrogen) atoms. The fourth-order valence-electron chi connectivity index (χ4n) is 2.81. The van der Waals surface area contributed by atoms with Crippen molar-refractivity contribution in [2.45, 2.75) is 24.2 Å². The van der Waals surface area contributed by atoms with Gasteiger partial charge in [0.15, 0.2) is 0 Å². The van der Waals surface area contributed by atoms with Crippen molar-refractivity contribution in [2.24, 2.45) is 4.99 Å². The maximum atomic E-state index is 12.8. The van der Waals surface area contributed by atoms with Gasteiger partial charge in [0, 0.05) is 19.3 Å². The summed E-state index contributed by atoms with van der Waals surface area (Å²) in [7, 11) is -3.58. The van der Waals surface area contributed by atoms with E-state index in [1.807, 2.05) is 6.07 Å². The van der Waals surface area contributed by atoms with Gasteiger partial charge in [-0.2, -0.15) is 9.57 Å². The van der Waals surface area contributed by atoms with E-state index in [1.165, 1.54) is 28.7 Å². The minimum absolute atomic E-state index is 0.0903. The SMILES string of the molecule is N#Cc1ccc(C=Nc2cc(S(=O)(=O)N3CCCCC3)ccc2O)cc1. The number of hydrogen-bond acceptors (Lipinski definition) is 5. The van der Waals surface area contributed by atoms with E-state index in [0.717, 1.165) is 24.8 Å². The highest BCUT2D eigenvalue weighted by Crippen LogP contribution is 2.31. The molecule has 0 aliphatic carbocycles. The highest BCUT2D eigenvalue weighted by Gasteiger charge is 2.26. The van der Waals surface area contributed by atoms with Crippen LogP contribution in [0.15, 0.2) is 52.4 Å². The maximum absolute atomic E-state index is 12.8. The zero-order valence-electron chi connectivity index (χ0n) is 14.2. The lowest BCUT2D eigenvalue weighted by atomic mass is 10.2. The topological polar surface area (TPSA) is 93.8 Å². The molecule has 6 nitrogen and oxygen atoms in total. The molecule has 0 unspecified atom stereocenters. The molecule has 3 rings (SSSR count). The number of phenolic OH excluding ortho intramolecular Hbond substituents is 1. The van der Waals surface area contributed by atoms with E-state index in [9.17, 15) is 13.5 Å². The number of sulfonamides is 1. The molecule has 134 valence electrons. The van der Waals surface area contributed by atoms with Crippen molar-refractivity contribution in [3.8, 4) is 11.8 Å². The van der Waals surface area contributed by atoms with Crippen LogP contribution in [0.1, 0.15) is 30.4 Å². The number of aliphatic imine (C=N–C) groups is 1. The molecule has 0 bridgehead atoms. The zero-order chi connectivity index (χ0) is 18.6. The number of piperidine rings is 1. The Bertz CT molecular complexity index is 955. The maximum Gasteiger partial charge on any atom is 0.243 e. The van der Waals surface area contributed by atoms with E-state index >= 15 is 0 Å². The summed E-state index contributed by atoms with van der Waals surface area (Å²) in [5.74, 6) is -0.0903. The normalized spacial score (nSPS) is 15.8. The molecule has 7 heteroatoms. The van der Waals surface area contributed by atoms with Gasteiger partial charge in [0.2, 0.25) is 10.0 Å². The Balaban J connectivity index is 1.87. The van der Waals surface area contributed by atoms with Crippen molar-refractivity contribution >= 4 is 21.9 Å². The molecule has 0 amide bonds. The first-order chi connectivity index (χ1) is 12.5. The van der Waals surface area contributed by atoms with Gasteiger partial charge in [-0.25, -0.2) is 8.42 Å². The lowest BCUT2D eigenvalue weighted by molar-refractivity contribution is 0.346. The summed E-state index contributed by atoms with van der Waals surface area (Å²) in [6.45, 7) is 1.04. The van der Waals surface area contributed by atoms with E-state index in [4.69, 9.17) is 5.26 Å². The molecule has 1 heterocycles. The summed E-state index contributed by atoms with van der Waals surface area (Å²) < 4.78 is 27.0. The summed E-state index contributed by atoms with van der Waals surface area (Å²) in [5, 5.41) is 18.8. The van der Waals surface area contributed by atoms with Crippen molar-refractivity contribution < 1.29 is 13.5 Å². The fourth-order valence-corrected chi connectivity index (χ4v) is 4.35. The minimum Gasteiger partial charge on any atom is -0.506 e. The standard InChI is InChI=1S/C19H19N3O3S/c20-13-15-4-6-16(7-5-15)14-21-18-12-17(8-9-19(18)23)26(24,25)22-10-2-1-3-11-22/h4-9,12,14,23H,1-3,10-11H2. The van der Waals surface area contributed by atoms with Gasteiger partial charge < -0.3 is 5.11 Å². The van der Waals surface area contributed by atoms with Gasteiger partial charge in [0.1, 0.15) is 11.4 Å². The molecule has 1 aliphatic rings. The van der Waals surface area contributed by atoms with Crippen LogP contribution in [0.3, 0.4) is 0 Å². The number of nitrogens with zero attached hydrogens (tertiary/aromatic N) is 3. The third-order valence-electron chi connectivity index (χ3n) is 4.29. The van der Waals surface area contributed by atoms with Crippen LogP contribution in [-0.2, 0) is 10.0 Å². The van der Waals surface area contributed by atoms with Crippen LogP contribution in [0.5, 0.6) is 5.75 Å².